The smallest absolute Gasteiger partial charge is 0.348 e. The van der Waals surface area contributed by atoms with Crippen molar-refractivity contribution in [3.8, 4) is 0 Å². The SMILES string of the molecule is C=C1C(=O)[C@]23CC[C@H]1CC2[C@]1(COC(=O)c2cccs2)CCC[C@@](C)(COC(=O)c2cccs2)C1C[C@H]3O. The van der Waals surface area contributed by atoms with Crippen molar-refractivity contribution in [3.63, 3.8) is 0 Å². The maximum atomic E-state index is 13.8. The Morgan fingerprint density at radius 2 is 1.66 bits per heavy atom. The molecule has 0 aromatic carbocycles. The number of hydrogen-bond donors (Lipinski definition) is 1. The fraction of sp³-hybridized carbons (Fsp3) is 0.567. The van der Waals surface area contributed by atoms with Crippen LogP contribution in [0.2, 0.25) is 0 Å². The summed E-state index contributed by atoms with van der Waals surface area (Å²) in [5.74, 6) is -0.739. The molecule has 2 heterocycles. The third-order valence-electron chi connectivity index (χ3n) is 10.4. The van der Waals surface area contributed by atoms with Crippen molar-refractivity contribution in [3.05, 3.63) is 56.9 Å². The van der Waals surface area contributed by atoms with E-state index < -0.39 is 22.3 Å². The molecule has 38 heavy (non-hydrogen) atoms. The molecule has 5 aliphatic rings. The lowest BCUT2D eigenvalue weighted by molar-refractivity contribution is -0.233. The summed E-state index contributed by atoms with van der Waals surface area (Å²) >= 11 is 2.71. The van der Waals surface area contributed by atoms with Gasteiger partial charge in [-0.3, -0.25) is 4.79 Å². The van der Waals surface area contributed by atoms with Crippen LogP contribution in [-0.4, -0.2) is 42.1 Å². The van der Waals surface area contributed by atoms with Gasteiger partial charge in [-0.15, -0.1) is 22.7 Å². The van der Waals surface area contributed by atoms with Gasteiger partial charge in [0.25, 0.3) is 0 Å². The van der Waals surface area contributed by atoms with Crippen LogP contribution in [0.3, 0.4) is 0 Å². The topological polar surface area (TPSA) is 89.9 Å². The van der Waals surface area contributed by atoms with Crippen LogP contribution in [0.1, 0.15) is 71.2 Å². The number of esters is 2. The third-order valence-corrected chi connectivity index (χ3v) is 12.1. The van der Waals surface area contributed by atoms with Crippen molar-refractivity contribution >= 4 is 40.4 Å². The zero-order valence-corrected chi connectivity index (χ0v) is 23.3. The highest BCUT2D eigenvalue weighted by molar-refractivity contribution is 7.12. The van der Waals surface area contributed by atoms with Crippen molar-refractivity contribution in [2.75, 3.05) is 13.2 Å². The first-order chi connectivity index (χ1) is 18.2. The molecule has 5 fully saturated rings. The maximum Gasteiger partial charge on any atom is 0.348 e. The molecule has 7 rings (SSSR count). The van der Waals surface area contributed by atoms with Gasteiger partial charge in [-0.2, -0.15) is 0 Å². The Morgan fingerprint density at radius 3 is 2.29 bits per heavy atom. The summed E-state index contributed by atoms with van der Waals surface area (Å²) in [6.07, 6.45) is 4.45. The molecule has 2 aromatic heterocycles. The molecule has 6 nitrogen and oxygen atoms in total. The van der Waals surface area contributed by atoms with E-state index in [-0.39, 0.29) is 48.7 Å². The van der Waals surface area contributed by atoms with Gasteiger partial charge in [0, 0.05) is 10.8 Å². The molecule has 2 unspecified atom stereocenters. The van der Waals surface area contributed by atoms with E-state index in [0.717, 1.165) is 32.1 Å². The van der Waals surface area contributed by atoms with Crippen molar-refractivity contribution < 1.29 is 29.0 Å². The van der Waals surface area contributed by atoms with E-state index in [1.54, 1.807) is 12.1 Å². The highest BCUT2D eigenvalue weighted by Gasteiger charge is 2.71. The van der Waals surface area contributed by atoms with Crippen LogP contribution >= 0.6 is 22.7 Å². The van der Waals surface area contributed by atoms with Gasteiger partial charge in [0.05, 0.1) is 24.7 Å². The van der Waals surface area contributed by atoms with Gasteiger partial charge in [0.2, 0.25) is 0 Å². The Hall–Kier alpha value is -2.29. The zero-order valence-electron chi connectivity index (χ0n) is 21.6. The van der Waals surface area contributed by atoms with Gasteiger partial charge in [0.1, 0.15) is 9.75 Å². The second-order valence-corrected chi connectivity index (χ2v) is 14.0. The number of Topliss-reactive ketones (excluding diaryl/α,β-unsaturated/α-hetero) is 1. The van der Waals surface area contributed by atoms with E-state index in [1.807, 2.05) is 22.9 Å². The highest BCUT2D eigenvalue weighted by atomic mass is 32.1. The van der Waals surface area contributed by atoms with E-state index >= 15 is 0 Å². The zero-order chi connectivity index (χ0) is 26.7. The number of rotatable bonds is 6. The van der Waals surface area contributed by atoms with E-state index in [2.05, 4.69) is 13.5 Å². The molecule has 1 N–H and O–H groups in total. The summed E-state index contributed by atoms with van der Waals surface area (Å²) in [4.78, 5) is 40.7. The van der Waals surface area contributed by atoms with Crippen LogP contribution in [0.15, 0.2) is 47.2 Å². The van der Waals surface area contributed by atoms with Crippen LogP contribution in [0.5, 0.6) is 0 Å². The lowest BCUT2D eigenvalue weighted by Gasteiger charge is -2.68. The molecule has 0 amide bonds. The Morgan fingerprint density at radius 1 is 1.00 bits per heavy atom. The number of hydrogen-bond acceptors (Lipinski definition) is 8. The molecule has 8 heteroatoms. The van der Waals surface area contributed by atoms with Crippen molar-refractivity contribution in [2.24, 2.45) is 34.0 Å². The number of fused-ring (bicyclic) bond motifs is 3. The standard InChI is InChI=1S/C30H34O6S2/c1-18-19-8-11-30(25(18)32)23(14-19)29(17-36-27(34)21-7-4-13-38-21)10-5-9-28(2,22(29)15-24(30)31)16-35-26(33)20-6-3-12-37-20/h3-4,6-7,12-13,19,22-24,31H,1,5,8-11,14-17H2,2H3/t19-,22?,23?,24+,28-,29-,30+/m0/s1. The monoisotopic (exact) mass is 554 g/mol. The van der Waals surface area contributed by atoms with Crippen molar-refractivity contribution in [2.45, 2.75) is 58.0 Å². The Labute approximate surface area is 231 Å². The molecule has 202 valence electrons. The predicted octanol–water partition coefficient (Wildman–Crippen LogP) is 5.92. The molecule has 5 aliphatic carbocycles. The molecule has 7 atom stereocenters. The number of ether oxygens (including phenoxy) is 2. The number of carbonyl (C=O) groups is 3. The number of thiophene rings is 2. The minimum Gasteiger partial charge on any atom is -0.461 e. The van der Waals surface area contributed by atoms with Gasteiger partial charge in [0.15, 0.2) is 5.78 Å². The molecule has 0 saturated heterocycles. The Kier molecular flexibility index (Phi) is 6.43. The molecular formula is C30H34O6S2. The molecule has 2 aromatic rings. The molecule has 5 saturated carbocycles. The molecule has 0 radical (unpaired) electrons. The summed E-state index contributed by atoms with van der Waals surface area (Å²) in [5.41, 5.74) is -1.12. The predicted molar refractivity (Wildman–Crippen MR) is 145 cm³/mol. The first-order valence-corrected chi connectivity index (χ1v) is 15.3. The minimum absolute atomic E-state index is 0.0105. The summed E-state index contributed by atoms with van der Waals surface area (Å²) in [6.45, 7) is 6.70. The lowest BCUT2D eigenvalue weighted by atomic mass is 9.35. The number of allylic oxidation sites excluding steroid dienone is 1. The number of aliphatic hydroxyl groups excluding tert-OH is 1. The summed E-state index contributed by atoms with van der Waals surface area (Å²) < 4.78 is 11.9. The van der Waals surface area contributed by atoms with Crippen LogP contribution in [-0.2, 0) is 14.3 Å². The quantitative estimate of drug-likeness (QED) is 0.352. The van der Waals surface area contributed by atoms with Gasteiger partial charge in [-0.05, 0) is 84.7 Å². The lowest BCUT2D eigenvalue weighted by Crippen LogP contribution is -2.70. The van der Waals surface area contributed by atoms with Crippen LogP contribution < -0.4 is 0 Å². The Bertz CT molecular complexity index is 1250. The van der Waals surface area contributed by atoms with E-state index in [9.17, 15) is 19.5 Å². The first-order valence-electron chi connectivity index (χ1n) is 13.5. The van der Waals surface area contributed by atoms with Gasteiger partial charge < -0.3 is 14.6 Å². The Balaban J connectivity index is 1.36. The second kappa shape index (κ2) is 9.42. The highest BCUT2D eigenvalue weighted by Crippen LogP contribution is 2.71. The number of ketones is 1. The van der Waals surface area contributed by atoms with E-state index in [1.165, 1.54) is 22.7 Å². The van der Waals surface area contributed by atoms with Gasteiger partial charge in [-0.1, -0.05) is 32.1 Å². The van der Waals surface area contributed by atoms with Crippen LogP contribution in [0.25, 0.3) is 0 Å². The maximum absolute atomic E-state index is 13.8. The molecule has 2 bridgehead atoms. The van der Waals surface area contributed by atoms with Crippen LogP contribution in [0, 0.1) is 34.0 Å². The normalized spacial score (nSPS) is 37.8. The summed E-state index contributed by atoms with van der Waals surface area (Å²) in [5, 5.41) is 15.4. The third kappa shape index (κ3) is 3.78. The summed E-state index contributed by atoms with van der Waals surface area (Å²) in [6, 6.07) is 7.18. The minimum atomic E-state index is -0.871. The van der Waals surface area contributed by atoms with Crippen LogP contribution in [0.4, 0.5) is 0 Å². The van der Waals surface area contributed by atoms with Gasteiger partial charge >= 0.3 is 11.9 Å². The van der Waals surface area contributed by atoms with Crippen molar-refractivity contribution in [1.82, 2.24) is 0 Å². The van der Waals surface area contributed by atoms with Crippen molar-refractivity contribution in [1.29, 1.82) is 0 Å². The average Bonchev–Trinajstić information content (AvgIpc) is 3.65. The second-order valence-electron chi connectivity index (χ2n) is 12.1. The number of aliphatic hydroxyl groups is 1. The molecule has 1 spiro atoms. The average molecular weight is 555 g/mol. The van der Waals surface area contributed by atoms with Gasteiger partial charge in [-0.25, -0.2) is 9.59 Å². The fourth-order valence-electron chi connectivity index (χ4n) is 8.61. The largest absolute Gasteiger partial charge is 0.461 e. The molecular weight excluding hydrogens is 520 g/mol. The number of carbonyl (C=O) groups excluding carboxylic acids is 3. The van der Waals surface area contributed by atoms with E-state index in [4.69, 9.17) is 9.47 Å². The summed E-state index contributed by atoms with van der Waals surface area (Å²) in [7, 11) is 0. The molecule has 0 aliphatic heterocycles. The first kappa shape index (κ1) is 26.0. The fourth-order valence-corrected chi connectivity index (χ4v) is 9.84. The van der Waals surface area contributed by atoms with E-state index in [0.29, 0.717) is 28.2 Å².